The van der Waals surface area contributed by atoms with Gasteiger partial charge in [0, 0.05) is 0 Å². The Morgan fingerprint density at radius 3 is 2.62 bits per heavy atom. The molecule has 0 aliphatic rings. The molecule has 70 valence electrons. The second-order valence-electron chi connectivity index (χ2n) is 2.75. The van der Waals surface area contributed by atoms with E-state index in [2.05, 4.69) is 0 Å². The lowest BCUT2D eigenvalue weighted by atomic mass is 10.2. The van der Waals surface area contributed by atoms with Crippen LogP contribution < -0.4 is 5.73 Å². The van der Waals surface area contributed by atoms with E-state index in [9.17, 15) is 4.79 Å². The van der Waals surface area contributed by atoms with Crippen LogP contribution >= 0.6 is 0 Å². The molecule has 0 saturated heterocycles. The molecule has 2 N–H and O–H groups in total. The molecule has 0 fully saturated rings. The van der Waals surface area contributed by atoms with Gasteiger partial charge in [-0.05, 0) is 12.0 Å². The summed E-state index contributed by atoms with van der Waals surface area (Å²) in [5.74, 6) is -0.423. The highest BCUT2D eigenvalue weighted by Gasteiger charge is 1.94. The van der Waals surface area contributed by atoms with E-state index in [0.717, 1.165) is 6.42 Å². The fourth-order valence-electron chi connectivity index (χ4n) is 1.01. The zero-order valence-corrected chi connectivity index (χ0v) is 7.40. The molecule has 0 aliphatic carbocycles. The molecular formula is C10H13NO2. The molecule has 1 amide bonds. The molecule has 0 spiro atoms. The average molecular weight is 179 g/mol. The van der Waals surface area contributed by atoms with E-state index in [1.54, 1.807) is 0 Å². The Kier molecular flexibility index (Phi) is 3.99. The summed E-state index contributed by atoms with van der Waals surface area (Å²) < 4.78 is 5.02. The number of primary amides is 1. The fourth-order valence-corrected chi connectivity index (χ4v) is 1.01. The maximum absolute atomic E-state index is 10.3. The van der Waals surface area contributed by atoms with Gasteiger partial charge in [0.1, 0.15) is 6.61 Å². The number of hydrogen-bond donors (Lipinski definition) is 1. The molecule has 13 heavy (non-hydrogen) atoms. The number of carbonyl (C=O) groups is 1. The van der Waals surface area contributed by atoms with Crippen LogP contribution in [0.25, 0.3) is 0 Å². The van der Waals surface area contributed by atoms with E-state index in [1.165, 1.54) is 5.56 Å². The zero-order valence-electron chi connectivity index (χ0n) is 7.40. The fraction of sp³-hybridized carbons (Fsp3) is 0.300. The number of benzene rings is 1. The maximum atomic E-state index is 10.3. The van der Waals surface area contributed by atoms with Gasteiger partial charge in [-0.15, -0.1) is 0 Å². The Morgan fingerprint density at radius 1 is 1.31 bits per heavy atom. The van der Waals surface area contributed by atoms with Crippen molar-refractivity contribution in [2.45, 2.75) is 6.42 Å². The van der Waals surface area contributed by atoms with Crippen LogP contribution in [-0.4, -0.2) is 19.1 Å². The van der Waals surface area contributed by atoms with Crippen LogP contribution in [0.3, 0.4) is 0 Å². The summed E-state index contributed by atoms with van der Waals surface area (Å²) in [4.78, 5) is 10.3. The highest BCUT2D eigenvalue weighted by atomic mass is 16.5. The van der Waals surface area contributed by atoms with E-state index in [4.69, 9.17) is 10.5 Å². The van der Waals surface area contributed by atoms with Gasteiger partial charge in [0.05, 0.1) is 6.61 Å². The molecule has 0 radical (unpaired) electrons. The quantitative estimate of drug-likeness (QED) is 0.677. The topological polar surface area (TPSA) is 52.3 Å². The second-order valence-corrected chi connectivity index (χ2v) is 2.75. The monoisotopic (exact) mass is 179 g/mol. The van der Waals surface area contributed by atoms with E-state index >= 15 is 0 Å². The molecule has 1 rings (SSSR count). The Labute approximate surface area is 77.5 Å². The summed E-state index contributed by atoms with van der Waals surface area (Å²) in [5, 5.41) is 0. The molecular weight excluding hydrogens is 166 g/mol. The first-order valence-electron chi connectivity index (χ1n) is 4.19. The third-order valence-corrected chi connectivity index (χ3v) is 1.62. The minimum atomic E-state index is -0.423. The zero-order chi connectivity index (χ0) is 9.52. The summed E-state index contributed by atoms with van der Waals surface area (Å²) in [6, 6.07) is 9.96. The Balaban J connectivity index is 2.17. The maximum Gasteiger partial charge on any atom is 0.243 e. The first-order chi connectivity index (χ1) is 6.29. The molecule has 0 bridgehead atoms. The van der Waals surface area contributed by atoms with Crippen LogP contribution in [-0.2, 0) is 16.0 Å². The lowest BCUT2D eigenvalue weighted by Gasteiger charge is -2.01. The van der Waals surface area contributed by atoms with Gasteiger partial charge < -0.3 is 10.5 Å². The van der Waals surface area contributed by atoms with Crippen LogP contribution in [0.15, 0.2) is 30.3 Å². The highest BCUT2D eigenvalue weighted by molar-refractivity contribution is 5.74. The number of hydrogen-bond acceptors (Lipinski definition) is 2. The van der Waals surface area contributed by atoms with E-state index in [-0.39, 0.29) is 6.61 Å². The number of rotatable bonds is 5. The van der Waals surface area contributed by atoms with Crippen molar-refractivity contribution >= 4 is 5.91 Å². The molecule has 1 aromatic carbocycles. The Morgan fingerprint density at radius 2 is 2.00 bits per heavy atom. The first-order valence-corrected chi connectivity index (χ1v) is 4.19. The summed E-state index contributed by atoms with van der Waals surface area (Å²) in [7, 11) is 0. The number of carbonyl (C=O) groups excluding carboxylic acids is 1. The molecule has 0 aliphatic heterocycles. The van der Waals surface area contributed by atoms with Gasteiger partial charge in [0.2, 0.25) is 5.91 Å². The third kappa shape index (κ3) is 4.28. The van der Waals surface area contributed by atoms with E-state index in [1.807, 2.05) is 30.3 Å². The van der Waals surface area contributed by atoms with Gasteiger partial charge >= 0.3 is 0 Å². The third-order valence-electron chi connectivity index (χ3n) is 1.62. The van der Waals surface area contributed by atoms with Gasteiger partial charge in [-0.3, -0.25) is 4.79 Å². The van der Waals surface area contributed by atoms with Crippen molar-refractivity contribution in [3.05, 3.63) is 35.9 Å². The molecule has 0 saturated carbocycles. The highest BCUT2D eigenvalue weighted by Crippen LogP contribution is 1.99. The molecule has 0 aromatic heterocycles. The summed E-state index contributed by atoms with van der Waals surface area (Å²) in [6.45, 7) is 0.541. The molecule has 1 aromatic rings. The van der Waals surface area contributed by atoms with E-state index < -0.39 is 5.91 Å². The van der Waals surface area contributed by atoms with Gasteiger partial charge in [-0.2, -0.15) is 0 Å². The van der Waals surface area contributed by atoms with Crippen molar-refractivity contribution < 1.29 is 9.53 Å². The Bertz CT molecular complexity index is 259. The van der Waals surface area contributed by atoms with Crippen molar-refractivity contribution in [3.63, 3.8) is 0 Å². The predicted molar refractivity (Wildman–Crippen MR) is 50.2 cm³/mol. The summed E-state index contributed by atoms with van der Waals surface area (Å²) in [5.41, 5.74) is 6.11. The molecule has 3 heteroatoms. The lowest BCUT2D eigenvalue weighted by Crippen LogP contribution is -2.18. The second kappa shape index (κ2) is 5.32. The molecule has 3 nitrogen and oxygen atoms in total. The predicted octanol–water partition coefficient (Wildman–Crippen LogP) is 0.731. The standard InChI is InChI=1S/C10H13NO2/c11-10(12)8-13-7-6-9-4-2-1-3-5-9/h1-5H,6-8H2,(H2,11,12). The van der Waals surface area contributed by atoms with Crippen molar-refractivity contribution in [3.8, 4) is 0 Å². The van der Waals surface area contributed by atoms with Gasteiger partial charge in [0.25, 0.3) is 0 Å². The Hall–Kier alpha value is -1.35. The van der Waals surface area contributed by atoms with Crippen LogP contribution in [0.4, 0.5) is 0 Å². The molecule has 0 heterocycles. The van der Waals surface area contributed by atoms with Crippen molar-refractivity contribution in [1.29, 1.82) is 0 Å². The SMILES string of the molecule is NC(=O)COCCc1ccccc1. The minimum absolute atomic E-state index is 0.00678. The van der Waals surface area contributed by atoms with Crippen molar-refractivity contribution in [2.75, 3.05) is 13.2 Å². The average Bonchev–Trinajstić information content (AvgIpc) is 2.14. The lowest BCUT2D eigenvalue weighted by molar-refractivity contribution is -0.122. The first kappa shape index (κ1) is 9.74. The largest absolute Gasteiger partial charge is 0.371 e. The van der Waals surface area contributed by atoms with Gasteiger partial charge in [-0.1, -0.05) is 30.3 Å². The van der Waals surface area contributed by atoms with Gasteiger partial charge in [0.15, 0.2) is 0 Å². The van der Waals surface area contributed by atoms with Crippen molar-refractivity contribution in [2.24, 2.45) is 5.73 Å². The van der Waals surface area contributed by atoms with E-state index in [0.29, 0.717) is 6.61 Å². The number of ether oxygens (including phenoxy) is 1. The van der Waals surface area contributed by atoms with Crippen molar-refractivity contribution in [1.82, 2.24) is 0 Å². The van der Waals surface area contributed by atoms with Gasteiger partial charge in [-0.25, -0.2) is 0 Å². The summed E-state index contributed by atoms with van der Waals surface area (Å²) in [6.07, 6.45) is 0.814. The number of nitrogens with two attached hydrogens (primary N) is 1. The van der Waals surface area contributed by atoms with Crippen LogP contribution in [0.1, 0.15) is 5.56 Å². The van der Waals surface area contributed by atoms with Crippen LogP contribution in [0, 0.1) is 0 Å². The molecule has 0 unspecified atom stereocenters. The van der Waals surface area contributed by atoms with Crippen LogP contribution in [0.5, 0.6) is 0 Å². The minimum Gasteiger partial charge on any atom is -0.371 e. The normalized spacial score (nSPS) is 9.85. The number of amides is 1. The smallest absolute Gasteiger partial charge is 0.243 e. The summed E-state index contributed by atoms with van der Waals surface area (Å²) >= 11 is 0. The molecule has 0 atom stereocenters. The van der Waals surface area contributed by atoms with Crippen LogP contribution in [0.2, 0.25) is 0 Å².